The normalized spacial score (nSPS) is 11.1. The van der Waals surface area contributed by atoms with Gasteiger partial charge in [0, 0.05) is 17.8 Å². The van der Waals surface area contributed by atoms with E-state index in [1.807, 2.05) is 0 Å². The number of nitrogen functional groups attached to an aromatic ring is 2. The van der Waals surface area contributed by atoms with E-state index in [1.165, 1.54) is 0 Å². The van der Waals surface area contributed by atoms with E-state index < -0.39 is 74.0 Å². The molecule has 11 heteroatoms. The summed E-state index contributed by atoms with van der Waals surface area (Å²) in [5.41, 5.74) is 6.83. The quantitative estimate of drug-likeness (QED) is 0.461. The maximum atomic E-state index is 14.3. The third kappa shape index (κ3) is 2.55. The second-order valence-electron chi connectivity index (χ2n) is 5.60. The zero-order valence-electron chi connectivity index (χ0n) is 13.5. The number of nitrogens with two attached hydrogens (primary N) is 2. The summed E-state index contributed by atoms with van der Waals surface area (Å²) in [6.45, 7) is 1.07. The summed E-state index contributed by atoms with van der Waals surface area (Å²) in [5.74, 6) is -8.64. The molecule has 27 heavy (non-hydrogen) atoms. The molecule has 2 aromatic heterocycles. The average molecular weight is 382 g/mol. The number of benzene rings is 1. The molecule has 0 radical (unpaired) electrons. The van der Waals surface area contributed by atoms with Crippen LogP contribution in [0.4, 0.5) is 29.1 Å². The molecule has 0 atom stereocenters. The number of aryl methyl sites for hydroxylation is 1. The molecule has 7 nitrogen and oxygen atoms in total. The van der Waals surface area contributed by atoms with Crippen molar-refractivity contribution in [1.29, 1.82) is 0 Å². The number of halogens is 4. The summed E-state index contributed by atoms with van der Waals surface area (Å²) in [5, 5.41) is 8.54. The Balaban J connectivity index is 2.65. The predicted molar refractivity (Wildman–Crippen MR) is 87.7 cm³/mol. The van der Waals surface area contributed by atoms with E-state index in [0.717, 1.165) is 6.92 Å². The molecule has 140 valence electrons. The van der Waals surface area contributed by atoms with Gasteiger partial charge in [0.1, 0.15) is 5.56 Å². The molecule has 0 saturated heterocycles. The van der Waals surface area contributed by atoms with E-state index in [1.54, 1.807) is 0 Å². The van der Waals surface area contributed by atoms with Gasteiger partial charge in [-0.2, -0.15) is 0 Å². The largest absolute Gasteiger partial charge is 0.477 e. The first-order valence-corrected chi connectivity index (χ1v) is 7.23. The Morgan fingerprint density at radius 1 is 1.15 bits per heavy atom. The van der Waals surface area contributed by atoms with Crippen LogP contribution in [-0.4, -0.2) is 20.6 Å². The summed E-state index contributed by atoms with van der Waals surface area (Å²) < 4.78 is 56.5. The number of pyridine rings is 2. The number of nitrogens with zero attached hydrogens (tertiary/aromatic N) is 2. The lowest BCUT2D eigenvalue weighted by Gasteiger charge is -2.17. The molecule has 5 N–H and O–H groups in total. The Morgan fingerprint density at radius 2 is 1.78 bits per heavy atom. The number of hydrogen-bond acceptors (Lipinski definition) is 5. The van der Waals surface area contributed by atoms with Crippen molar-refractivity contribution in [1.82, 2.24) is 9.55 Å². The number of rotatable bonds is 2. The number of aromatic carboxylic acids is 1. The van der Waals surface area contributed by atoms with Gasteiger partial charge in [-0.05, 0) is 6.92 Å². The van der Waals surface area contributed by atoms with Crippen LogP contribution < -0.4 is 16.9 Å². The fourth-order valence-corrected chi connectivity index (χ4v) is 2.69. The first-order valence-electron chi connectivity index (χ1n) is 7.23. The first-order chi connectivity index (χ1) is 12.6. The van der Waals surface area contributed by atoms with Gasteiger partial charge < -0.3 is 16.6 Å². The SMILES string of the molecule is Cc1c(F)c(F)c(N)c2c(=O)c(C(=O)O)cn(-c3nc(N)c(F)cc3F)c12. The minimum atomic E-state index is -1.73. The van der Waals surface area contributed by atoms with Crippen LogP contribution in [0.1, 0.15) is 15.9 Å². The highest BCUT2D eigenvalue weighted by Gasteiger charge is 2.25. The first kappa shape index (κ1) is 18.2. The van der Waals surface area contributed by atoms with E-state index in [0.29, 0.717) is 16.8 Å². The standard InChI is InChI=1S/C16H10F4N4O3/c1-4-9(19)10(20)11(21)8-12(4)24(3-5(13(8)25)16(26)27)15-7(18)2-6(17)14(22)23-15/h2-3H,21H2,1H3,(H2,22,23)(H,26,27). The average Bonchev–Trinajstić information content (AvgIpc) is 2.60. The van der Waals surface area contributed by atoms with Crippen LogP contribution in [0.15, 0.2) is 17.1 Å². The van der Waals surface area contributed by atoms with Crippen LogP contribution in [0.3, 0.4) is 0 Å². The van der Waals surface area contributed by atoms with Crippen molar-refractivity contribution in [3.8, 4) is 5.82 Å². The number of carbonyl (C=O) groups is 1. The lowest BCUT2D eigenvalue weighted by atomic mass is 10.0. The van der Waals surface area contributed by atoms with Crippen LogP contribution >= 0.6 is 0 Å². The number of anilines is 2. The van der Waals surface area contributed by atoms with Crippen molar-refractivity contribution in [2.45, 2.75) is 6.92 Å². The Morgan fingerprint density at radius 3 is 2.37 bits per heavy atom. The van der Waals surface area contributed by atoms with E-state index in [4.69, 9.17) is 11.5 Å². The maximum absolute atomic E-state index is 14.3. The van der Waals surface area contributed by atoms with Gasteiger partial charge in [0.2, 0.25) is 5.43 Å². The number of hydrogen-bond donors (Lipinski definition) is 3. The van der Waals surface area contributed by atoms with Crippen molar-refractivity contribution >= 4 is 28.4 Å². The maximum Gasteiger partial charge on any atom is 0.341 e. The summed E-state index contributed by atoms with van der Waals surface area (Å²) in [7, 11) is 0. The third-order valence-corrected chi connectivity index (χ3v) is 3.99. The van der Waals surface area contributed by atoms with Crippen LogP contribution in [0.5, 0.6) is 0 Å². The molecule has 0 amide bonds. The van der Waals surface area contributed by atoms with Crippen molar-refractivity contribution < 1.29 is 27.5 Å². The molecular weight excluding hydrogens is 372 g/mol. The molecule has 0 spiro atoms. The molecule has 0 unspecified atom stereocenters. The highest BCUT2D eigenvalue weighted by Crippen LogP contribution is 2.31. The van der Waals surface area contributed by atoms with Gasteiger partial charge in [0.05, 0.1) is 16.6 Å². The van der Waals surface area contributed by atoms with Gasteiger partial charge in [-0.15, -0.1) is 0 Å². The second kappa shape index (κ2) is 5.97. The van der Waals surface area contributed by atoms with Gasteiger partial charge in [0.15, 0.2) is 34.9 Å². The predicted octanol–water partition coefficient (Wildman–Crippen LogP) is 2.11. The summed E-state index contributed by atoms with van der Waals surface area (Å²) in [4.78, 5) is 27.3. The Labute approximate surface area is 147 Å². The van der Waals surface area contributed by atoms with E-state index in [9.17, 15) is 32.3 Å². The fraction of sp³-hybridized carbons (Fsp3) is 0.0625. The molecular formula is C16H10F4N4O3. The highest BCUT2D eigenvalue weighted by molar-refractivity contribution is 5.99. The van der Waals surface area contributed by atoms with Crippen LogP contribution in [0, 0.1) is 30.2 Å². The molecule has 0 aliphatic carbocycles. The van der Waals surface area contributed by atoms with Gasteiger partial charge in [-0.25, -0.2) is 27.3 Å². The highest BCUT2D eigenvalue weighted by atomic mass is 19.2. The van der Waals surface area contributed by atoms with Gasteiger partial charge in [-0.3, -0.25) is 9.36 Å². The smallest absolute Gasteiger partial charge is 0.341 e. The zero-order valence-corrected chi connectivity index (χ0v) is 13.5. The van der Waals surface area contributed by atoms with Crippen molar-refractivity contribution in [2.24, 2.45) is 0 Å². The minimum absolute atomic E-state index is 0.376. The minimum Gasteiger partial charge on any atom is -0.477 e. The lowest BCUT2D eigenvalue weighted by Crippen LogP contribution is -2.22. The topological polar surface area (TPSA) is 124 Å². The molecule has 0 saturated carbocycles. The van der Waals surface area contributed by atoms with Crippen molar-refractivity contribution in [3.05, 3.63) is 56.9 Å². The molecule has 0 bridgehead atoms. The third-order valence-electron chi connectivity index (χ3n) is 3.99. The van der Waals surface area contributed by atoms with Gasteiger partial charge in [-0.1, -0.05) is 0 Å². The summed E-state index contributed by atoms with van der Waals surface area (Å²) in [6, 6.07) is 0.376. The summed E-state index contributed by atoms with van der Waals surface area (Å²) >= 11 is 0. The molecule has 3 aromatic rings. The molecule has 2 heterocycles. The van der Waals surface area contributed by atoms with E-state index in [-0.39, 0.29) is 0 Å². The number of carboxylic acid groups (broad SMARTS) is 1. The van der Waals surface area contributed by atoms with Gasteiger partial charge in [0.25, 0.3) is 0 Å². The van der Waals surface area contributed by atoms with Crippen molar-refractivity contribution in [3.63, 3.8) is 0 Å². The Kier molecular flexibility index (Phi) is 4.02. The molecule has 1 aromatic carbocycles. The van der Waals surface area contributed by atoms with E-state index >= 15 is 0 Å². The fourth-order valence-electron chi connectivity index (χ4n) is 2.69. The van der Waals surface area contributed by atoms with E-state index in [2.05, 4.69) is 4.98 Å². The molecule has 3 rings (SSSR count). The second-order valence-corrected chi connectivity index (χ2v) is 5.60. The number of carboxylic acids is 1. The monoisotopic (exact) mass is 382 g/mol. The molecule has 0 aliphatic rings. The Bertz CT molecular complexity index is 1210. The molecule has 0 fully saturated rings. The Hall–Kier alpha value is -3.63. The number of fused-ring (bicyclic) bond motifs is 1. The van der Waals surface area contributed by atoms with Crippen LogP contribution in [0.2, 0.25) is 0 Å². The summed E-state index contributed by atoms with van der Waals surface area (Å²) in [6.07, 6.45) is 0.652. The van der Waals surface area contributed by atoms with Crippen molar-refractivity contribution in [2.75, 3.05) is 11.5 Å². The lowest BCUT2D eigenvalue weighted by molar-refractivity contribution is 0.0695. The number of aromatic nitrogens is 2. The van der Waals surface area contributed by atoms with Gasteiger partial charge >= 0.3 is 5.97 Å². The zero-order chi connectivity index (χ0) is 20.2. The van der Waals surface area contributed by atoms with Crippen LogP contribution in [0.25, 0.3) is 16.7 Å². The molecule has 0 aliphatic heterocycles. The van der Waals surface area contributed by atoms with Crippen LogP contribution in [-0.2, 0) is 0 Å².